The van der Waals surface area contributed by atoms with Gasteiger partial charge in [-0.2, -0.15) is 5.10 Å². The summed E-state index contributed by atoms with van der Waals surface area (Å²) in [6.07, 6.45) is 2.83. The Bertz CT molecular complexity index is 280. The molecule has 0 saturated heterocycles. The maximum Gasteiger partial charge on any atom is 0.216 e. The number of fused-ring (bicyclic) bond motifs is 1. The standard InChI is InChI=1S/C8H13N3O/c1-6(9)7-5-10-11-3-2-4-12-8(7)11/h5-6H,2-4,9H2,1H3/t6-/m0/s1. The van der Waals surface area contributed by atoms with E-state index in [4.69, 9.17) is 10.5 Å². The molecule has 0 fully saturated rings. The van der Waals surface area contributed by atoms with Gasteiger partial charge in [0.05, 0.1) is 18.4 Å². The van der Waals surface area contributed by atoms with E-state index in [1.807, 2.05) is 11.6 Å². The molecule has 0 aliphatic carbocycles. The summed E-state index contributed by atoms with van der Waals surface area (Å²) in [5.74, 6) is 0.858. The maximum absolute atomic E-state index is 5.75. The summed E-state index contributed by atoms with van der Waals surface area (Å²) in [6.45, 7) is 3.67. The quantitative estimate of drug-likeness (QED) is 0.669. The number of nitrogens with two attached hydrogens (primary N) is 1. The van der Waals surface area contributed by atoms with E-state index in [1.54, 1.807) is 6.20 Å². The smallest absolute Gasteiger partial charge is 0.216 e. The number of ether oxygens (including phenoxy) is 1. The highest BCUT2D eigenvalue weighted by molar-refractivity contribution is 5.27. The molecule has 0 radical (unpaired) electrons. The van der Waals surface area contributed by atoms with Crippen LogP contribution in [0.5, 0.6) is 5.88 Å². The van der Waals surface area contributed by atoms with Gasteiger partial charge in [0.15, 0.2) is 0 Å². The van der Waals surface area contributed by atoms with E-state index in [-0.39, 0.29) is 6.04 Å². The Labute approximate surface area is 71.3 Å². The molecule has 0 aromatic carbocycles. The highest BCUT2D eigenvalue weighted by Gasteiger charge is 2.17. The van der Waals surface area contributed by atoms with Crippen molar-refractivity contribution in [1.29, 1.82) is 0 Å². The third kappa shape index (κ3) is 1.08. The van der Waals surface area contributed by atoms with Crippen LogP contribution in [0.15, 0.2) is 6.20 Å². The molecule has 4 heteroatoms. The fourth-order valence-corrected chi connectivity index (χ4v) is 1.40. The molecule has 4 nitrogen and oxygen atoms in total. The van der Waals surface area contributed by atoms with Gasteiger partial charge in [-0.15, -0.1) is 0 Å². The monoisotopic (exact) mass is 167 g/mol. The lowest BCUT2D eigenvalue weighted by molar-refractivity contribution is 0.227. The minimum atomic E-state index is 0.00634. The van der Waals surface area contributed by atoms with Gasteiger partial charge < -0.3 is 10.5 Å². The van der Waals surface area contributed by atoms with Crippen molar-refractivity contribution in [3.05, 3.63) is 11.8 Å². The second-order valence-electron chi connectivity index (χ2n) is 3.12. The molecule has 0 saturated carbocycles. The molecule has 12 heavy (non-hydrogen) atoms. The van der Waals surface area contributed by atoms with Crippen LogP contribution in [-0.2, 0) is 6.54 Å². The van der Waals surface area contributed by atoms with Crippen molar-refractivity contribution in [2.24, 2.45) is 5.73 Å². The molecule has 0 bridgehead atoms. The van der Waals surface area contributed by atoms with Crippen LogP contribution in [0.1, 0.15) is 24.9 Å². The Morgan fingerprint density at radius 2 is 2.58 bits per heavy atom. The Morgan fingerprint density at radius 1 is 1.75 bits per heavy atom. The second kappa shape index (κ2) is 2.79. The molecule has 1 aliphatic rings. The largest absolute Gasteiger partial charge is 0.478 e. The van der Waals surface area contributed by atoms with Crippen LogP contribution in [0.25, 0.3) is 0 Å². The molecule has 66 valence electrons. The molecule has 2 rings (SSSR count). The predicted molar refractivity (Wildman–Crippen MR) is 44.9 cm³/mol. The molecule has 1 aromatic heterocycles. The van der Waals surface area contributed by atoms with Crippen LogP contribution >= 0.6 is 0 Å². The molecular weight excluding hydrogens is 154 g/mol. The van der Waals surface area contributed by atoms with Gasteiger partial charge in [-0.25, -0.2) is 4.68 Å². The topological polar surface area (TPSA) is 53.1 Å². The van der Waals surface area contributed by atoms with E-state index in [1.165, 1.54) is 0 Å². The fraction of sp³-hybridized carbons (Fsp3) is 0.625. The summed E-state index contributed by atoms with van der Waals surface area (Å²) >= 11 is 0. The SMILES string of the molecule is C[C@H](N)c1cnn2c1OCCC2. The number of rotatable bonds is 1. The van der Waals surface area contributed by atoms with Gasteiger partial charge in [0.2, 0.25) is 5.88 Å². The van der Waals surface area contributed by atoms with Gasteiger partial charge >= 0.3 is 0 Å². The van der Waals surface area contributed by atoms with Gasteiger partial charge in [0.1, 0.15) is 0 Å². The molecule has 1 atom stereocenters. The van der Waals surface area contributed by atoms with E-state index < -0.39 is 0 Å². The molecule has 0 unspecified atom stereocenters. The highest BCUT2D eigenvalue weighted by atomic mass is 16.5. The van der Waals surface area contributed by atoms with Crippen LogP contribution in [-0.4, -0.2) is 16.4 Å². The van der Waals surface area contributed by atoms with E-state index in [9.17, 15) is 0 Å². The van der Waals surface area contributed by atoms with Crippen molar-refractivity contribution >= 4 is 0 Å². The van der Waals surface area contributed by atoms with Crippen molar-refractivity contribution in [2.45, 2.75) is 25.9 Å². The molecule has 2 N–H and O–H groups in total. The number of aromatic nitrogens is 2. The van der Waals surface area contributed by atoms with Gasteiger partial charge in [-0.1, -0.05) is 0 Å². The summed E-state index contributed by atoms with van der Waals surface area (Å²) in [6, 6.07) is 0.00634. The highest BCUT2D eigenvalue weighted by Crippen LogP contribution is 2.25. The molecule has 1 aromatic rings. The van der Waals surface area contributed by atoms with Crippen molar-refractivity contribution in [3.63, 3.8) is 0 Å². The lowest BCUT2D eigenvalue weighted by atomic mass is 10.2. The van der Waals surface area contributed by atoms with E-state index >= 15 is 0 Å². The van der Waals surface area contributed by atoms with E-state index in [0.29, 0.717) is 0 Å². The molecule has 2 heterocycles. The molecular formula is C8H13N3O. The van der Waals surface area contributed by atoms with E-state index in [0.717, 1.165) is 31.0 Å². The normalized spacial score (nSPS) is 18.2. The third-order valence-electron chi connectivity index (χ3n) is 2.06. The third-order valence-corrected chi connectivity index (χ3v) is 2.06. The molecule has 0 spiro atoms. The predicted octanol–water partition coefficient (Wildman–Crippen LogP) is 0.685. The van der Waals surface area contributed by atoms with Crippen molar-refractivity contribution in [2.75, 3.05) is 6.61 Å². The fourth-order valence-electron chi connectivity index (χ4n) is 1.40. The Balaban J connectivity index is 2.38. The van der Waals surface area contributed by atoms with Gasteiger partial charge in [-0.05, 0) is 6.92 Å². The zero-order valence-electron chi connectivity index (χ0n) is 7.16. The molecule has 1 aliphatic heterocycles. The Morgan fingerprint density at radius 3 is 3.33 bits per heavy atom. The van der Waals surface area contributed by atoms with Crippen LogP contribution in [0.4, 0.5) is 0 Å². The van der Waals surface area contributed by atoms with Crippen molar-refractivity contribution < 1.29 is 4.74 Å². The zero-order valence-corrected chi connectivity index (χ0v) is 7.16. The average Bonchev–Trinajstić information content (AvgIpc) is 2.47. The summed E-state index contributed by atoms with van der Waals surface area (Å²) in [7, 11) is 0. The van der Waals surface area contributed by atoms with Gasteiger partial charge in [0.25, 0.3) is 0 Å². The first kappa shape index (κ1) is 7.61. The number of nitrogens with zero attached hydrogens (tertiary/aromatic N) is 2. The summed E-state index contributed by atoms with van der Waals surface area (Å²) < 4.78 is 7.35. The van der Waals surface area contributed by atoms with Crippen molar-refractivity contribution in [3.8, 4) is 5.88 Å². The van der Waals surface area contributed by atoms with Crippen LogP contribution in [0, 0.1) is 0 Å². The zero-order chi connectivity index (χ0) is 8.55. The Hall–Kier alpha value is -1.03. The number of hydrogen-bond acceptors (Lipinski definition) is 3. The first-order valence-electron chi connectivity index (χ1n) is 4.23. The summed E-state index contributed by atoms with van der Waals surface area (Å²) in [4.78, 5) is 0. The molecule has 0 amide bonds. The second-order valence-corrected chi connectivity index (χ2v) is 3.12. The van der Waals surface area contributed by atoms with Gasteiger partial charge in [0, 0.05) is 19.0 Å². The minimum Gasteiger partial charge on any atom is -0.478 e. The maximum atomic E-state index is 5.75. The van der Waals surface area contributed by atoms with Crippen LogP contribution in [0.3, 0.4) is 0 Å². The minimum absolute atomic E-state index is 0.00634. The summed E-state index contributed by atoms with van der Waals surface area (Å²) in [5.41, 5.74) is 6.76. The lowest BCUT2D eigenvalue weighted by Gasteiger charge is -2.16. The lowest BCUT2D eigenvalue weighted by Crippen LogP contribution is -2.16. The van der Waals surface area contributed by atoms with Gasteiger partial charge in [-0.3, -0.25) is 0 Å². The number of aryl methyl sites for hydroxylation is 1. The van der Waals surface area contributed by atoms with Crippen LogP contribution in [0.2, 0.25) is 0 Å². The Kier molecular flexibility index (Phi) is 1.77. The van der Waals surface area contributed by atoms with Crippen LogP contribution < -0.4 is 10.5 Å². The number of hydrogen-bond donors (Lipinski definition) is 1. The first-order chi connectivity index (χ1) is 5.79. The van der Waals surface area contributed by atoms with E-state index in [2.05, 4.69) is 5.10 Å². The summed E-state index contributed by atoms with van der Waals surface area (Å²) in [5, 5.41) is 4.19. The first-order valence-corrected chi connectivity index (χ1v) is 4.23. The average molecular weight is 167 g/mol. The van der Waals surface area contributed by atoms with Crippen molar-refractivity contribution in [1.82, 2.24) is 9.78 Å².